The number of carboxylic acids is 1. The Hall–Kier alpha value is -5.11. The fraction of sp³-hybridized carbons (Fsp3) is 0.511. The van der Waals surface area contributed by atoms with Crippen molar-refractivity contribution < 1.29 is 19.5 Å². The largest absolute Gasteiger partial charge is 0.478 e. The number of aliphatic carboxylic acids is 1. The molecular weight excluding hydrogens is 755 g/mol. The number of rotatable bonds is 21. The Kier molecular flexibility index (Phi) is 16.4. The standard InChI is InChI=1S/C47H67N9O4/c1-10-17-48-18-21-51-43(58)24-35-45-34(15-16-42(57)50-20-19-49-22-23-56(13-4)14-5)30(8)38(54-45)25-36-28(6)32(11-2)40(52-36)26-37-29(7)33(12-3)41(53-37)27-39-31(9)44(47(59)60)46(35)55-39/h11,25-27,30,34,48-49,52-53H,2,10,12-24H2,1,3-9H3,(H,50,57)(H,51,58)(H,59,60). The number of aromatic amines is 2. The number of nitrogens with zero attached hydrogens (tertiary/aromatic N) is 3. The van der Waals surface area contributed by atoms with Crippen LogP contribution in [0.25, 0.3) is 39.3 Å². The van der Waals surface area contributed by atoms with E-state index in [9.17, 15) is 19.5 Å². The van der Waals surface area contributed by atoms with Gasteiger partial charge in [-0.15, -0.1) is 0 Å². The lowest BCUT2D eigenvalue weighted by atomic mass is 9.84. The molecule has 0 aromatic carbocycles. The lowest BCUT2D eigenvalue weighted by Crippen LogP contribution is -2.36. The van der Waals surface area contributed by atoms with Crippen LogP contribution < -0.4 is 21.3 Å². The molecule has 2 aliphatic heterocycles. The summed E-state index contributed by atoms with van der Waals surface area (Å²) in [6, 6.07) is 6.06. The number of allylic oxidation sites excluding steroid dienone is 1. The number of H-pyrrole nitrogens is 2. The lowest BCUT2D eigenvalue weighted by molar-refractivity contribution is -0.130. The first-order chi connectivity index (χ1) is 28.9. The van der Waals surface area contributed by atoms with Crippen molar-refractivity contribution in [1.82, 2.24) is 46.1 Å². The Labute approximate surface area is 355 Å². The van der Waals surface area contributed by atoms with Crippen molar-refractivity contribution in [3.63, 3.8) is 0 Å². The maximum absolute atomic E-state index is 13.9. The minimum Gasteiger partial charge on any atom is -0.478 e. The molecule has 2 unspecified atom stereocenters. The molecule has 0 saturated heterocycles. The number of aromatic nitrogens is 4. The van der Waals surface area contributed by atoms with Crippen LogP contribution in [-0.2, 0) is 27.2 Å². The van der Waals surface area contributed by atoms with E-state index in [0.29, 0.717) is 55.1 Å². The van der Waals surface area contributed by atoms with Crippen molar-refractivity contribution in [2.75, 3.05) is 58.9 Å². The summed E-state index contributed by atoms with van der Waals surface area (Å²) >= 11 is 0. The fourth-order valence-electron chi connectivity index (χ4n) is 8.48. The molecule has 13 nitrogen and oxygen atoms in total. The lowest BCUT2D eigenvalue weighted by Gasteiger charge is -2.19. The number of aryl methyl sites for hydroxylation is 3. The zero-order chi connectivity index (χ0) is 43.5. The summed E-state index contributed by atoms with van der Waals surface area (Å²) in [7, 11) is 0. The molecule has 2 amide bonds. The Morgan fingerprint density at radius 3 is 2.13 bits per heavy atom. The van der Waals surface area contributed by atoms with E-state index in [4.69, 9.17) is 9.97 Å². The van der Waals surface area contributed by atoms with E-state index in [1.165, 1.54) is 0 Å². The quantitative estimate of drug-likeness (QED) is 0.0589. The highest BCUT2D eigenvalue weighted by atomic mass is 16.4. The molecule has 3 aromatic heterocycles. The number of hydrogen-bond donors (Lipinski definition) is 7. The third-order valence-electron chi connectivity index (χ3n) is 12.1. The SMILES string of the molecule is C=Cc1c(C)c2cc3nc(c(CC(=O)NCCNCCC)c4nc(cc5[nH]c(cc1[nH]2)c(C)c5CC)C(C)=C4C(=O)O)C(CCC(=O)NCCNCCN(CC)CC)C3C. The Morgan fingerprint density at radius 1 is 0.817 bits per heavy atom. The highest BCUT2D eigenvalue weighted by molar-refractivity contribution is 6.24. The molecule has 8 bridgehead atoms. The normalized spacial score (nSPS) is 15.2. The molecule has 2 aliphatic rings. The third-order valence-corrected chi connectivity index (χ3v) is 12.1. The van der Waals surface area contributed by atoms with Crippen molar-refractivity contribution in [2.24, 2.45) is 0 Å². The topological polar surface area (TPSA) is 180 Å². The molecule has 0 spiro atoms. The van der Waals surface area contributed by atoms with E-state index in [1.54, 1.807) is 6.92 Å². The highest BCUT2D eigenvalue weighted by Crippen LogP contribution is 2.43. The van der Waals surface area contributed by atoms with Crippen LogP contribution in [0.15, 0.2) is 24.8 Å². The monoisotopic (exact) mass is 822 g/mol. The van der Waals surface area contributed by atoms with Crippen LogP contribution in [0.1, 0.15) is 123 Å². The van der Waals surface area contributed by atoms with Gasteiger partial charge in [0, 0.05) is 96.4 Å². The summed E-state index contributed by atoms with van der Waals surface area (Å²) in [6.07, 6.45) is 4.14. The molecule has 60 heavy (non-hydrogen) atoms. The molecule has 5 rings (SSSR count). The number of hydrogen-bond acceptors (Lipinski definition) is 8. The summed E-state index contributed by atoms with van der Waals surface area (Å²) < 4.78 is 0. The molecule has 0 fully saturated rings. The Bertz CT molecular complexity index is 2250. The first-order valence-corrected chi connectivity index (χ1v) is 21.9. The molecule has 5 heterocycles. The van der Waals surface area contributed by atoms with Crippen molar-refractivity contribution in [3.8, 4) is 0 Å². The van der Waals surface area contributed by atoms with Gasteiger partial charge in [-0.25, -0.2) is 9.78 Å². The highest BCUT2D eigenvalue weighted by Gasteiger charge is 2.35. The van der Waals surface area contributed by atoms with Gasteiger partial charge in [-0.1, -0.05) is 47.3 Å². The number of fused-ring (bicyclic) bond motifs is 8. The number of nitrogens with one attached hydrogen (secondary N) is 6. The summed E-state index contributed by atoms with van der Waals surface area (Å²) in [5.74, 6) is -1.93. The zero-order valence-electron chi connectivity index (χ0n) is 37.1. The van der Waals surface area contributed by atoms with Crippen molar-refractivity contribution in [1.29, 1.82) is 0 Å². The number of carboxylic acid groups (broad SMARTS) is 1. The third kappa shape index (κ3) is 10.6. The van der Waals surface area contributed by atoms with Gasteiger partial charge in [0.25, 0.3) is 0 Å². The minimum atomic E-state index is -1.13. The molecule has 0 aliphatic carbocycles. The smallest absolute Gasteiger partial charge is 0.338 e. The second-order valence-corrected chi connectivity index (χ2v) is 15.9. The average molecular weight is 822 g/mol. The van der Waals surface area contributed by atoms with E-state index in [2.05, 4.69) is 97.2 Å². The second-order valence-electron chi connectivity index (χ2n) is 15.9. The van der Waals surface area contributed by atoms with E-state index >= 15 is 0 Å². The van der Waals surface area contributed by atoms with Gasteiger partial charge in [-0.2, -0.15) is 0 Å². The molecule has 7 N–H and O–H groups in total. The fourth-order valence-corrected chi connectivity index (χ4v) is 8.48. The van der Waals surface area contributed by atoms with Crippen molar-refractivity contribution in [2.45, 2.75) is 99.3 Å². The van der Waals surface area contributed by atoms with Crippen LogP contribution in [-0.4, -0.2) is 107 Å². The molecule has 2 atom stereocenters. The van der Waals surface area contributed by atoms with Crippen LogP contribution in [0, 0.1) is 13.8 Å². The molecular formula is C47H67N9O4. The van der Waals surface area contributed by atoms with Gasteiger partial charge < -0.3 is 41.2 Å². The van der Waals surface area contributed by atoms with Gasteiger partial charge in [-0.3, -0.25) is 14.6 Å². The summed E-state index contributed by atoms with van der Waals surface area (Å²) in [5, 5.41) is 23.6. The van der Waals surface area contributed by atoms with Gasteiger partial charge in [0.1, 0.15) is 0 Å². The van der Waals surface area contributed by atoms with E-state index in [-0.39, 0.29) is 47.8 Å². The van der Waals surface area contributed by atoms with Crippen LogP contribution in [0.5, 0.6) is 0 Å². The molecule has 13 heteroatoms. The van der Waals surface area contributed by atoms with Crippen molar-refractivity contribution in [3.05, 3.63) is 75.4 Å². The maximum Gasteiger partial charge on any atom is 0.338 e. The average Bonchev–Trinajstić information content (AvgIpc) is 3.91. The van der Waals surface area contributed by atoms with E-state index in [1.807, 2.05) is 18.2 Å². The van der Waals surface area contributed by atoms with Crippen LogP contribution in [0.2, 0.25) is 0 Å². The van der Waals surface area contributed by atoms with Gasteiger partial charge in [0.15, 0.2) is 0 Å². The van der Waals surface area contributed by atoms with Crippen molar-refractivity contribution >= 4 is 57.1 Å². The number of likely N-dealkylation sites (N-methyl/N-ethyl adjacent to an activating group) is 1. The molecule has 0 radical (unpaired) electrons. The van der Waals surface area contributed by atoms with E-state index in [0.717, 1.165) is 95.6 Å². The van der Waals surface area contributed by atoms with Crippen LogP contribution in [0.3, 0.4) is 0 Å². The molecule has 324 valence electrons. The summed E-state index contributed by atoms with van der Waals surface area (Å²) in [5.41, 5.74) is 10.8. The molecule has 3 aromatic rings. The number of carbonyl (C=O) groups excluding carboxylic acids is 2. The van der Waals surface area contributed by atoms with Gasteiger partial charge in [0.05, 0.1) is 29.1 Å². The minimum absolute atomic E-state index is 0.0453. The predicted molar refractivity (Wildman–Crippen MR) is 244 cm³/mol. The van der Waals surface area contributed by atoms with E-state index < -0.39 is 5.97 Å². The first-order valence-electron chi connectivity index (χ1n) is 21.9. The maximum atomic E-state index is 13.9. The zero-order valence-corrected chi connectivity index (χ0v) is 37.1. The summed E-state index contributed by atoms with van der Waals surface area (Å²) in [4.78, 5) is 60.4. The second kappa shape index (κ2) is 21.4. The van der Waals surface area contributed by atoms with Gasteiger partial charge in [-0.05, 0) is 100 Å². The Balaban J connectivity index is 1.67. The van der Waals surface area contributed by atoms with Gasteiger partial charge >= 0.3 is 5.97 Å². The summed E-state index contributed by atoms with van der Waals surface area (Å²) in [6.45, 7) is 27.5. The first kappa shape index (κ1) is 46.0. The number of carbonyl (C=O) groups is 3. The Morgan fingerprint density at radius 2 is 1.48 bits per heavy atom. The van der Waals surface area contributed by atoms with Crippen LogP contribution in [0.4, 0.5) is 0 Å². The van der Waals surface area contributed by atoms with Crippen LogP contribution >= 0.6 is 0 Å². The number of amides is 2. The predicted octanol–water partition coefficient (Wildman–Crippen LogP) is 6.53. The van der Waals surface area contributed by atoms with Gasteiger partial charge in [0.2, 0.25) is 11.8 Å². The molecule has 0 saturated carbocycles.